The number of hydrazine groups is 1. The van der Waals surface area contributed by atoms with E-state index in [9.17, 15) is 14.4 Å². The van der Waals surface area contributed by atoms with Gasteiger partial charge in [-0.3, -0.25) is 25.2 Å². The fourth-order valence-corrected chi connectivity index (χ4v) is 3.31. The summed E-state index contributed by atoms with van der Waals surface area (Å²) in [5.41, 5.74) is 5.86. The Morgan fingerprint density at radius 3 is 2.65 bits per heavy atom. The summed E-state index contributed by atoms with van der Waals surface area (Å²) in [6.45, 7) is 3.68. The molecule has 2 aromatic rings. The minimum atomic E-state index is -0.533. The minimum Gasteiger partial charge on any atom is -0.466 e. The Bertz CT molecular complexity index is 877. The molecule has 26 heavy (non-hydrogen) atoms. The summed E-state index contributed by atoms with van der Waals surface area (Å²) in [7, 11) is 0. The average Bonchev–Trinajstić information content (AvgIpc) is 3.14. The molecular formula is C18H18BrN3O4. The fourth-order valence-electron chi connectivity index (χ4n) is 2.92. The largest absolute Gasteiger partial charge is 0.466 e. The van der Waals surface area contributed by atoms with Crippen LogP contribution in [0.1, 0.15) is 28.3 Å². The third-order valence-electron chi connectivity index (χ3n) is 4.20. The number of nitrogens with zero attached hydrogens (tertiary/aromatic N) is 1. The molecule has 0 spiro atoms. The van der Waals surface area contributed by atoms with E-state index < -0.39 is 17.7 Å². The van der Waals surface area contributed by atoms with Crippen LogP contribution >= 0.6 is 15.9 Å². The molecule has 1 aromatic carbocycles. The first-order valence-corrected chi connectivity index (χ1v) is 8.87. The van der Waals surface area contributed by atoms with Crippen LogP contribution in [0.2, 0.25) is 0 Å². The Morgan fingerprint density at radius 2 is 2.00 bits per heavy atom. The molecule has 0 bridgehead atoms. The van der Waals surface area contributed by atoms with Gasteiger partial charge in [-0.1, -0.05) is 22.0 Å². The highest BCUT2D eigenvalue weighted by atomic mass is 79.9. The van der Waals surface area contributed by atoms with Gasteiger partial charge in [-0.25, -0.2) is 0 Å². The van der Waals surface area contributed by atoms with Gasteiger partial charge in [-0.2, -0.15) is 0 Å². The van der Waals surface area contributed by atoms with Crippen molar-refractivity contribution in [2.45, 2.75) is 20.3 Å². The van der Waals surface area contributed by atoms with E-state index in [-0.39, 0.29) is 18.9 Å². The Morgan fingerprint density at radius 1 is 1.23 bits per heavy atom. The van der Waals surface area contributed by atoms with Gasteiger partial charge in [0, 0.05) is 23.1 Å². The summed E-state index contributed by atoms with van der Waals surface area (Å²) in [5.74, 6) is -0.427. The van der Waals surface area contributed by atoms with Crippen LogP contribution in [0, 0.1) is 19.8 Å². The van der Waals surface area contributed by atoms with Gasteiger partial charge in [0.25, 0.3) is 5.91 Å². The Labute approximate surface area is 158 Å². The number of carbonyl (C=O) groups excluding carboxylic acids is 3. The lowest BCUT2D eigenvalue weighted by Gasteiger charge is -2.17. The molecular weight excluding hydrogens is 402 g/mol. The van der Waals surface area contributed by atoms with Crippen molar-refractivity contribution in [2.24, 2.45) is 5.92 Å². The molecule has 1 atom stereocenters. The van der Waals surface area contributed by atoms with Crippen LogP contribution in [0.5, 0.6) is 0 Å². The van der Waals surface area contributed by atoms with Gasteiger partial charge < -0.3 is 9.32 Å². The summed E-state index contributed by atoms with van der Waals surface area (Å²) >= 11 is 3.37. The Hall–Kier alpha value is -2.61. The maximum Gasteiger partial charge on any atom is 0.273 e. The average molecular weight is 420 g/mol. The van der Waals surface area contributed by atoms with E-state index >= 15 is 0 Å². The molecule has 0 aliphatic carbocycles. The molecule has 2 heterocycles. The van der Waals surface area contributed by atoms with Gasteiger partial charge >= 0.3 is 0 Å². The minimum absolute atomic E-state index is 0.0953. The number of nitrogens with one attached hydrogen (secondary N) is 2. The van der Waals surface area contributed by atoms with Crippen LogP contribution < -0.4 is 15.8 Å². The van der Waals surface area contributed by atoms with E-state index in [4.69, 9.17) is 4.42 Å². The van der Waals surface area contributed by atoms with Crippen LogP contribution in [-0.4, -0.2) is 24.3 Å². The smallest absolute Gasteiger partial charge is 0.273 e. The number of rotatable bonds is 3. The van der Waals surface area contributed by atoms with Gasteiger partial charge in [0.1, 0.15) is 11.5 Å². The molecule has 0 radical (unpaired) electrons. The van der Waals surface area contributed by atoms with Crippen LogP contribution in [-0.2, 0) is 9.59 Å². The van der Waals surface area contributed by atoms with E-state index in [1.54, 1.807) is 24.8 Å². The van der Waals surface area contributed by atoms with E-state index in [1.165, 1.54) is 0 Å². The number of hydrogen-bond donors (Lipinski definition) is 2. The van der Waals surface area contributed by atoms with Gasteiger partial charge in [0.15, 0.2) is 0 Å². The van der Waals surface area contributed by atoms with Crippen LogP contribution in [0.3, 0.4) is 0 Å². The van der Waals surface area contributed by atoms with Gasteiger partial charge in [0.2, 0.25) is 11.8 Å². The summed E-state index contributed by atoms with van der Waals surface area (Å²) in [5, 5.41) is 0. The van der Waals surface area contributed by atoms with Crippen LogP contribution in [0.4, 0.5) is 5.69 Å². The van der Waals surface area contributed by atoms with Crippen LogP contribution in [0.15, 0.2) is 39.2 Å². The second-order valence-corrected chi connectivity index (χ2v) is 7.07. The summed E-state index contributed by atoms with van der Waals surface area (Å²) in [6.07, 6.45) is 0.0953. The third-order valence-corrected chi connectivity index (χ3v) is 4.69. The fraction of sp³-hybridized carbons (Fsp3) is 0.278. The predicted molar refractivity (Wildman–Crippen MR) is 98.4 cm³/mol. The van der Waals surface area contributed by atoms with E-state index in [0.717, 1.165) is 10.2 Å². The first-order chi connectivity index (χ1) is 12.3. The van der Waals surface area contributed by atoms with Gasteiger partial charge in [-0.05, 0) is 38.1 Å². The third kappa shape index (κ3) is 3.80. The van der Waals surface area contributed by atoms with Gasteiger partial charge in [0.05, 0.1) is 11.5 Å². The molecule has 0 unspecified atom stereocenters. The zero-order valence-electron chi connectivity index (χ0n) is 14.3. The second kappa shape index (κ2) is 7.33. The quantitative estimate of drug-likeness (QED) is 0.747. The number of anilines is 1. The number of carbonyl (C=O) groups is 3. The summed E-state index contributed by atoms with van der Waals surface area (Å²) < 4.78 is 6.16. The second-order valence-electron chi connectivity index (χ2n) is 6.16. The molecule has 2 N–H and O–H groups in total. The molecule has 8 heteroatoms. The lowest BCUT2D eigenvalue weighted by molar-refractivity contribution is -0.126. The maximum absolute atomic E-state index is 12.3. The highest BCUT2D eigenvalue weighted by molar-refractivity contribution is 9.10. The molecule has 1 aromatic heterocycles. The van der Waals surface area contributed by atoms with Crippen molar-refractivity contribution in [2.75, 3.05) is 11.4 Å². The number of aryl methyl sites for hydroxylation is 2. The molecule has 1 aliphatic heterocycles. The number of hydrogen-bond acceptors (Lipinski definition) is 4. The highest BCUT2D eigenvalue weighted by Gasteiger charge is 2.35. The zero-order valence-corrected chi connectivity index (χ0v) is 15.9. The van der Waals surface area contributed by atoms with Crippen molar-refractivity contribution in [3.05, 3.63) is 51.9 Å². The van der Waals surface area contributed by atoms with Crippen molar-refractivity contribution in [1.29, 1.82) is 0 Å². The number of furan rings is 1. The summed E-state index contributed by atoms with van der Waals surface area (Å²) in [6, 6.07) is 8.93. The van der Waals surface area contributed by atoms with Crippen molar-refractivity contribution in [3.63, 3.8) is 0 Å². The molecule has 1 fully saturated rings. The summed E-state index contributed by atoms with van der Waals surface area (Å²) in [4.78, 5) is 38.2. The van der Waals surface area contributed by atoms with E-state index in [1.807, 2.05) is 24.3 Å². The zero-order chi connectivity index (χ0) is 18.8. The molecule has 1 saturated heterocycles. The number of halogens is 1. The molecule has 3 rings (SSSR count). The molecule has 1 aliphatic rings. The molecule has 7 nitrogen and oxygen atoms in total. The first-order valence-electron chi connectivity index (χ1n) is 8.08. The molecule has 3 amide bonds. The lowest BCUT2D eigenvalue weighted by atomic mass is 10.1. The number of amides is 3. The number of benzene rings is 1. The van der Waals surface area contributed by atoms with Gasteiger partial charge in [-0.15, -0.1) is 0 Å². The molecule has 0 saturated carbocycles. The van der Waals surface area contributed by atoms with Crippen molar-refractivity contribution < 1.29 is 18.8 Å². The van der Waals surface area contributed by atoms with Crippen molar-refractivity contribution >= 4 is 39.3 Å². The SMILES string of the molecule is Cc1cc(C(=O)NNC(=O)[C@H]2CC(=O)N(c3cccc(Br)c3)C2)c(C)o1. The maximum atomic E-state index is 12.3. The monoisotopic (exact) mass is 419 g/mol. The van der Waals surface area contributed by atoms with Crippen molar-refractivity contribution in [3.8, 4) is 0 Å². The van der Waals surface area contributed by atoms with Crippen molar-refractivity contribution in [1.82, 2.24) is 10.9 Å². The normalized spacial score (nSPS) is 16.7. The standard InChI is InChI=1S/C18H18BrN3O4/c1-10-6-15(11(2)26-10)18(25)21-20-17(24)12-7-16(23)22(9-12)14-5-3-4-13(19)8-14/h3-6,8,12H,7,9H2,1-2H3,(H,20,24)(H,21,25)/t12-/m0/s1. The van der Waals surface area contributed by atoms with Crippen LogP contribution in [0.25, 0.3) is 0 Å². The molecule has 136 valence electrons. The first kappa shape index (κ1) is 18.2. The lowest BCUT2D eigenvalue weighted by Crippen LogP contribution is -2.45. The predicted octanol–water partition coefficient (Wildman–Crippen LogP) is 2.47. The Kier molecular flexibility index (Phi) is 5.13. The van der Waals surface area contributed by atoms with E-state index in [2.05, 4.69) is 26.8 Å². The van der Waals surface area contributed by atoms with E-state index in [0.29, 0.717) is 17.1 Å². The highest BCUT2D eigenvalue weighted by Crippen LogP contribution is 2.27. The topological polar surface area (TPSA) is 91.7 Å². The Balaban J connectivity index is 1.60.